The molecule has 1 aliphatic rings. The molecular formula is C16H20N4O. The maximum absolute atomic E-state index is 6.02. The van der Waals surface area contributed by atoms with E-state index >= 15 is 0 Å². The Balaban J connectivity index is 1.94. The Morgan fingerprint density at radius 1 is 1.29 bits per heavy atom. The number of anilines is 3. The van der Waals surface area contributed by atoms with Crippen molar-refractivity contribution >= 4 is 17.3 Å². The molecule has 3 rings (SSSR count). The summed E-state index contributed by atoms with van der Waals surface area (Å²) in [6.45, 7) is 2.49. The number of nitrogens with two attached hydrogens (primary N) is 1. The molecule has 0 aliphatic heterocycles. The maximum atomic E-state index is 6.02. The van der Waals surface area contributed by atoms with Crippen molar-refractivity contribution in [3.8, 4) is 0 Å². The minimum absolute atomic E-state index is 0.475. The molecule has 0 radical (unpaired) electrons. The fraction of sp³-hybridized carbons (Fsp3) is 0.375. The molecule has 21 heavy (non-hydrogen) atoms. The topological polar surface area (TPSA) is 73.1 Å². The van der Waals surface area contributed by atoms with Gasteiger partial charge in [0.25, 0.3) is 0 Å². The number of methoxy groups -OCH3 is 1. The molecule has 1 aromatic carbocycles. The van der Waals surface area contributed by atoms with Crippen molar-refractivity contribution in [2.75, 3.05) is 18.2 Å². The van der Waals surface area contributed by atoms with Crippen LogP contribution in [0, 0.1) is 6.92 Å². The van der Waals surface area contributed by atoms with E-state index in [-0.39, 0.29) is 0 Å². The summed E-state index contributed by atoms with van der Waals surface area (Å²) in [5, 5.41) is 3.38. The number of nitrogens with zero attached hydrogens (tertiary/aromatic N) is 2. The lowest BCUT2D eigenvalue weighted by Crippen LogP contribution is -2.07. The fourth-order valence-electron chi connectivity index (χ4n) is 2.25. The molecule has 0 atom stereocenters. The van der Waals surface area contributed by atoms with Gasteiger partial charge in [-0.3, -0.25) is 0 Å². The molecule has 110 valence electrons. The molecule has 0 saturated heterocycles. The second-order valence-electron chi connectivity index (χ2n) is 5.43. The van der Waals surface area contributed by atoms with Crippen LogP contribution in [0.1, 0.15) is 35.7 Å². The third-order valence-electron chi connectivity index (χ3n) is 3.71. The number of rotatable bonds is 5. The highest BCUT2D eigenvalue weighted by molar-refractivity contribution is 5.66. The lowest BCUT2D eigenvalue weighted by Gasteiger charge is -2.14. The number of hydrogen-bond acceptors (Lipinski definition) is 5. The molecule has 0 amide bonds. The first kappa shape index (κ1) is 13.8. The summed E-state index contributed by atoms with van der Waals surface area (Å²) >= 11 is 0. The summed E-state index contributed by atoms with van der Waals surface area (Å²) in [4.78, 5) is 9.05. The zero-order valence-electron chi connectivity index (χ0n) is 12.4. The van der Waals surface area contributed by atoms with Gasteiger partial charge in [-0.25, -0.2) is 9.97 Å². The number of hydrogen-bond donors (Lipinski definition) is 2. The van der Waals surface area contributed by atoms with Crippen LogP contribution in [0.3, 0.4) is 0 Å². The molecule has 5 heteroatoms. The van der Waals surface area contributed by atoms with E-state index in [2.05, 4.69) is 15.3 Å². The van der Waals surface area contributed by atoms with Crippen molar-refractivity contribution in [2.24, 2.45) is 0 Å². The van der Waals surface area contributed by atoms with Gasteiger partial charge in [-0.15, -0.1) is 0 Å². The van der Waals surface area contributed by atoms with Crippen molar-refractivity contribution in [3.05, 3.63) is 41.2 Å². The van der Waals surface area contributed by atoms with E-state index in [9.17, 15) is 0 Å². The molecule has 0 spiro atoms. The molecule has 1 aliphatic carbocycles. The van der Waals surface area contributed by atoms with Crippen LogP contribution < -0.4 is 11.1 Å². The molecule has 1 heterocycles. The molecule has 5 nitrogen and oxygen atoms in total. The van der Waals surface area contributed by atoms with Gasteiger partial charge in [0, 0.05) is 29.8 Å². The van der Waals surface area contributed by atoms with Gasteiger partial charge < -0.3 is 15.8 Å². The minimum atomic E-state index is 0.475. The smallest absolute Gasteiger partial charge is 0.139 e. The van der Waals surface area contributed by atoms with Gasteiger partial charge in [0.2, 0.25) is 0 Å². The number of aromatic nitrogens is 2. The molecule has 2 aromatic rings. The van der Waals surface area contributed by atoms with Crippen LogP contribution in [0.2, 0.25) is 0 Å². The quantitative estimate of drug-likeness (QED) is 0.882. The van der Waals surface area contributed by atoms with Crippen molar-refractivity contribution in [1.82, 2.24) is 9.97 Å². The Labute approximate surface area is 124 Å². The number of ether oxygens (including phenoxy) is 1. The first-order valence-corrected chi connectivity index (χ1v) is 7.17. The highest BCUT2D eigenvalue weighted by atomic mass is 16.5. The van der Waals surface area contributed by atoms with E-state index in [4.69, 9.17) is 10.5 Å². The van der Waals surface area contributed by atoms with Crippen LogP contribution in [0.15, 0.2) is 24.3 Å². The average Bonchev–Trinajstić information content (AvgIpc) is 3.30. The lowest BCUT2D eigenvalue weighted by atomic mass is 10.2. The van der Waals surface area contributed by atoms with Crippen molar-refractivity contribution in [3.63, 3.8) is 0 Å². The van der Waals surface area contributed by atoms with Crippen LogP contribution in [-0.4, -0.2) is 17.1 Å². The highest BCUT2D eigenvalue weighted by Crippen LogP contribution is 2.39. The van der Waals surface area contributed by atoms with Gasteiger partial charge in [0.05, 0.1) is 6.61 Å². The Morgan fingerprint density at radius 3 is 2.76 bits per heavy atom. The summed E-state index contributed by atoms with van der Waals surface area (Å²) in [5.74, 6) is 2.67. The van der Waals surface area contributed by atoms with Crippen LogP contribution in [-0.2, 0) is 11.3 Å². The molecule has 0 unspecified atom stereocenters. The Hall–Kier alpha value is -2.14. The second kappa shape index (κ2) is 5.69. The van der Waals surface area contributed by atoms with Gasteiger partial charge in [0.15, 0.2) is 0 Å². The van der Waals surface area contributed by atoms with E-state index in [1.807, 2.05) is 31.2 Å². The van der Waals surface area contributed by atoms with Gasteiger partial charge in [-0.1, -0.05) is 18.2 Å². The standard InChI is InChI=1S/C16H20N4O/c1-10-14(17)19-16(11-7-8-11)20-15(10)18-13-6-4-3-5-12(13)9-21-2/h3-6,11H,7-9H2,1-2H3,(H3,17,18,19,20). The summed E-state index contributed by atoms with van der Waals surface area (Å²) < 4.78 is 5.23. The van der Waals surface area contributed by atoms with Crippen LogP contribution in [0.25, 0.3) is 0 Å². The van der Waals surface area contributed by atoms with E-state index in [1.165, 1.54) is 0 Å². The summed E-state index contributed by atoms with van der Waals surface area (Å²) in [5.41, 5.74) is 8.98. The van der Waals surface area contributed by atoms with Gasteiger partial charge in [0.1, 0.15) is 17.5 Å². The molecule has 1 fully saturated rings. The normalized spacial score (nSPS) is 14.2. The predicted octanol–water partition coefficient (Wildman–Crippen LogP) is 3.13. The van der Waals surface area contributed by atoms with Gasteiger partial charge in [-0.05, 0) is 25.8 Å². The average molecular weight is 284 g/mol. The SMILES string of the molecule is COCc1ccccc1Nc1nc(C2CC2)nc(N)c1C. The maximum Gasteiger partial charge on any atom is 0.139 e. The Morgan fingerprint density at radius 2 is 2.05 bits per heavy atom. The number of para-hydroxylation sites is 1. The monoisotopic (exact) mass is 284 g/mol. The minimum Gasteiger partial charge on any atom is -0.383 e. The molecular weight excluding hydrogens is 264 g/mol. The van der Waals surface area contributed by atoms with Crippen LogP contribution in [0.4, 0.5) is 17.3 Å². The van der Waals surface area contributed by atoms with Crippen LogP contribution in [0.5, 0.6) is 0 Å². The van der Waals surface area contributed by atoms with Crippen molar-refractivity contribution in [1.29, 1.82) is 0 Å². The largest absolute Gasteiger partial charge is 0.383 e. The second-order valence-corrected chi connectivity index (χ2v) is 5.43. The highest BCUT2D eigenvalue weighted by Gasteiger charge is 2.28. The summed E-state index contributed by atoms with van der Waals surface area (Å²) in [7, 11) is 1.69. The fourth-order valence-corrected chi connectivity index (χ4v) is 2.25. The van der Waals surface area contributed by atoms with Crippen molar-refractivity contribution in [2.45, 2.75) is 32.3 Å². The van der Waals surface area contributed by atoms with Crippen LogP contribution >= 0.6 is 0 Å². The van der Waals surface area contributed by atoms with E-state index < -0.39 is 0 Å². The predicted molar refractivity (Wildman–Crippen MR) is 83.6 cm³/mol. The van der Waals surface area contributed by atoms with E-state index in [1.54, 1.807) is 7.11 Å². The number of nitrogen functional groups attached to an aromatic ring is 1. The Kier molecular flexibility index (Phi) is 3.75. The first-order chi connectivity index (χ1) is 10.2. The number of nitrogens with one attached hydrogen (secondary N) is 1. The third kappa shape index (κ3) is 2.97. The zero-order chi connectivity index (χ0) is 14.8. The summed E-state index contributed by atoms with van der Waals surface area (Å²) in [6, 6.07) is 8.04. The first-order valence-electron chi connectivity index (χ1n) is 7.17. The van der Waals surface area contributed by atoms with Crippen molar-refractivity contribution < 1.29 is 4.74 Å². The molecule has 0 bridgehead atoms. The molecule has 1 aromatic heterocycles. The van der Waals surface area contributed by atoms with E-state index in [0.717, 1.165) is 41.3 Å². The van der Waals surface area contributed by atoms with Gasteiger partial charge in [-0.2, -0.15) is 0 Å². The number of benzene rings is 1. The molecule has 3 N–H and O–H groups in total. The molecule has 1 saturated carbocycles. The Bertz CT molecular complexity index is 653. The third-order valence-corrected chi connectivity index (χ3v) is 3.71. The van der Waals surface area contributed by atoms with E-state index in [0.29, 0.717) is 18.3 Å². The van der Waals surface area contributed by atoms with Gasteiger partial charge >= 0.3 is 0 Å². The summed E-state index contributed by atoms with van der Waals surface area (Å²) in [6.07, 6.45) is 2.31. The lowest BCUT2D eigenvalue weighted by molar-refractivity contribution is 0.185. The zero-order valence-corrected chi connectivity index (χ0v) is 12.4.